The van der Waals surface area contributed by atoms with Crippen molar-refractivity contribution in [2.75, 3.05) is 6.61 Å². The van der Waals surface area contributed by atoms with Crippen LogP contribution in [0.4, 0.5) is 0 Å². The van der Waals surface area contributed by atoms with Gasteiger partial charge in [0, 0.05) is 42.4 Å². The Hall–Kier alpha value is -2.01. The van der Waals surface area contributed by atoms with Crippen molar-refractivity contribution in [1.82, 2.24) is 14.9 Å². The minimum atomic E-state index is -0.172. The minimum Gasteiger partial charge on any atom is -0.493 e. The zero-order valence-electron chi connectivity index (χ0n) is 12.7. The van der Waals surface area contributed by atoms with Crippen molar-refractivity contribution in [2.24, 2.45) is 0 Å². The van der Waals surface area contributed by atoms with Crippen molar-refractivity contribution in [1.29, 1.82) is 0 Å². The molecule has 0 radical (unpaired) electrons. The summed E-state index contributed by atoms with van der Waals surface area (Å²) in [5.74, 6) is 1.89. The van der Waals surface area contributed by atoms with Gasteiger partial charge in [-0.15, -0.1) is 0 Å². The molecule has 0 saturated carbocycles. The standard InChI is InChI=1S/C17H18ClN3O2/c18-13-8-11-4-7-23-16(11)12(9-13)10-20-17(22)14-2-1-3-15-19-5-6-21(14)15/h5-6,8-9,14H,1-4,7,10H2,(H,20,22). The SMILES string of the molecule is O=C(NCc1cc(Cl)cc2c1OCC2)C1CCCc2nccn21. The number of aryl methyl sites for hydroxylation is 1. The Bertz CT molecular complexity index is 756. The normalized spacial score (nSPS) is 18.9. The van der Waals surface area contributed by atoms with E-state index in [1.54, 1.807) is 6.20 Å². The van der Waals surface area contributed by atoms with E-state index in [1.807, 2.05) is 22.9 Å². The highest BCUT2D eigenvalue weighted by atomic mass is 35.5. The van der Waals surface area contributed by atoms with E-state index in [2.05, 4.69) is 10.3 Å². The van der Waals surface area contributed by atoms with Crippen LogP contribution in [-0.2, 0) is 24.2 Å². The van der Waals surface area contributed by atoms with Crippen LogP contribution in [0.5, 0.6) is 5.75 Å². The molecule has 2 aliphatic rings. The fourth-order valence-electron chi connectivity index (χ4n) is 3.45. The summed E-state index contributed by atoms with van der Waals surface area (Å²) < 4.78 is 7.66. The molecule has 0 aliphatic carbocycles. The van der Waals surface area contributed by atoms with Crippen LogP contribution >= 0.6 is 11.6 Å². The number of carbonyl (C=O) groups is 1. The molecular weight excluding hydrogens is 314 g/mol. The fraction of sp³-hybridized carbons (Fsp3) is 0.412. The number of hydrogen-bond acceptors (Lipinski definition) is 3. The monoisotopic (exact) mass is 331 g/mol. The summed E-state index contributed by atoms with van der Waals surface area (Å²) in [6.07, 6.45) is 7.30. The average molecular weight is 332 g/mol. The van der Waals surface area contributed by atoms with Crippen LogP contribution in [0.3, 0.4) is 0 Å². The zero-order chi connectivity index (χ0) is 15.8. The van der Waals surface area contributed by atoms with Gasteiger partial charge in [0.25, 0.3) is 0 Å². The Labute approximate surface area is 139 Å². The molecule has 1 aromatic carbocycles. The number of nitrogens with one attached hydrogen (secondary N) is 1. The van der Waals surface area contributed by atoms with Crippen molar-refractivity contribution in [3.05, 3.63) is 46.5 Å². The van der Waals surface area contributed by atoms with Crippen LogP contribution in [-0.4, -0.2) is 22.1 Å². The van der Waals surface area contributed by atoms with Crippen LogP contribution in [0, 0.1) is 0 Å². The molecule has 1 unspecified atom stereocenters. The van der Waals surface area contributed by atoms with Gasteiger partial charge in [0.1, 0.15) is 17.6 Å². The quantitative estimate of drug-likeness (QED) is 0.940. The third-order valence-corrected chi connectivity index (χ3v) is 4.76. The summed E-state index contributed by atoms with van der Waals surface area (Å²) in [6, 6.07) is 3.64. The average Bonchev–Trinajstić information content (AvgIpc) is 3.20. The van der Waals surface area contributed by atoms with Crippen LogP contribution < -0.4 is 10.1 Å². The fourth-order valence-corrected chi connectivity index (χ4v) is 3.71. The van der Waals surface area contributed by atoms with Crippen LogP contribution in [0.1, 0.15) is 35.8 Å². The summed E-state index contributed by atoms with van der Waals surface area (Å²) in [5.41, 5.74) is 2.07. The van der Waals surface area contributed by atoms with Gasteiger partial charge in [-0.1, -0.05) is 11.6 Å². The predicted molar refractivity (Wildman–Crippen MR) is 86.7 cm³/mol. The van der Waals surface area contributed by atoms with E-state index in [4.69, 9.17) is 16.3 Å². The van der Waals surface area contributed by atoms with Crippen molar-refractivity contribution in [2.45, 2.75) is 38.3 Å². The maximum Gasteiger partial charge on any atom is 0.243 e. The summed E-state index contributed by atoms with van der Waals surface area (Å²) in [7, 11) is 0. The first-order valence-corrected chi connectivity index (χ1v) is 8.33. The lowest BCUT2D eigenvalue weighted by molar-refractivity contribution is -0.125. The van der Waals surface area contributed by atoms with Crippen molar-refractivity contribution >= 4 is 17.5 Å². The number of nitrogens with zero attached hydrogens (tertiary/aromatic N) is 2. The highest BCUT2D eigenvalue weighted by molar-refractivity contribution is 6.30. The number of ether oxygens (including phenoxy) is 1. The number of amides is 1. The number of imidazole rings is 1. The predicted octanol–water partition coefficient (Wildman–Crippen LogP) is 2.67. The van der Waals surface area contributed by atoms with Gasteiger partial charge in [0.15, 0.2) is 0 Å². The highest BCUT2D eigenvalue weighted by Gasteiger charge is 2.26. The molecule has 0 bridgehead atoms. The lowest BCUT2D eigenvalue weighted by Gasteiger charge is -2.24. The van der Waals surface area contributed by atoms with Crippen molar-refractivity contribution < 1.29 is 9.53 Å². The molecule has 5 nitrogen and oxygen atoms in total. The summed E-state index contributed by atoms with van der Waals surface area (Å²) >= 11 is 6.16. The van der Waals surface area contributed by atoms with Gasteiger partial charge in [-0.25, -0.2) is 4.98 Å². The maximum absolute atomic E-state index is 12.6. The van der Waals surface area contributed by atoms with Gasteiger partial charge in [-0.3, -0.25) is 4.79 Å². The van der Waals surface area contributed by atoms with E-state index < -0.39 is 0 Å². The Balaban J connectivity index is 1.49. The first-order chi connectivity index (χ1) is 11.2. The number of rotatable bonds is 3. The lowest BCUT2D eigenvalue weighted by atomic mass is 10.0. The third-order valence-electron chi connectivity index (χ3n) is 4.54. The Morgan fingerprint density at radius 1 is 1.43 bits per heavy atom. The number of carbonyl (C=O) groups excluding carboxylic acids is 1. The van der Waals surface area contributed by atoms with E-state index in [9.17, 15) is 4.79 Å². The molecule has 1 N–H and O–H groups in total. The highest BCUT2D eigenvalue weighted by Crippen LogP contribution is 2.33. The van der Waals surface area contributed by atoms with Gasteiger partial charge in [0.05, 0.1) is 6.61 Å². The molecule has 0 fully saturated rings. The topological polar surface area (TPSA) is 56.1 Å². The number of halogens is 1. The second-order valence-electron chi connectivity index (χ2n) is 6.03. The third kappa shape index (κ3) is 2.70. The van der Waals surface area contributed by atoms with E-state index in [1.165, 1.54) is 0 Å². The Kier molecular flexibility index (Phi) is 3.73. The Morgan fingerprint density at radius 2 is 2.35 bits per heavy atom. The van der Waals surface area contributed by atoms with Crippen LogP contribution in [0.2, 0.25) is 5.02 Å². The molecule has 0 saturated heterocycles. The zero-order valence-corrected chi connectivity index (χ0v) is 13.5. The molecule has 3 heterocycles. The van der Waals surface area contributed by atoms with Crippen LogP contribution in [0.15, 0.2) is 24.5 Å². The van der Waals surface area contributed by atoms with Gasteiger partial charge < -0.3 is 14.6 Å². The molecule has 23 heavy (non-hydrogen) atoms. The van der Waals surface area contributed by atoms with E-state index in [0.717, 1.165) is 48.4 Å². The number of aromatic nitrogens is 2. The van der Waals surface area contributed by atoms with Gasteiger partial charge in [0.2, 0.25) is 5.91 Å². The number of fused-ring (bicyclic) bond motifs is 2. The summed E-state index contributed by atoms with van der Waals surface area (Å²) in [4.78, 5) is 16.9. The van der Waals surface area contributed by atoms with Gasteiger partial charge in [-0.05, 0) is 30.5 Å². The lowest BCUT2D eigenvalue weighted by Crippen LogP contribution is -2.34. The van der Waals surface area contributed by atoms with Gasteiger partial charge in [-0.2, -0.15) is 0 Å². The van der Waals surface area contributed by atoms with Crippen molar-refractivity contribution in [3.63, 3.8) is 0 Å². The summed E-state index contributed by atoms with van der Waals surface area (Å²) in [5, 5.41) is 3.72. The van der Waals surface area contributed by atoms with E-state index in [0.29, 0.717) is 18.2 Å². The second kappa shape index (κ2) is 5.89. The van der Waals surface area contributed by atoms with E-state index in [-0.39, 0.29) is 11.9 Å². The van der Waals surface area contributed by atoms with Gasteiger partial charge >= 0.3 is 0 Å². The van der Waals surface area contributed by atoms with Crippen molar-refractivity contribution in [3.8, 4) is 5.75 Å². The first-order valence-electron chi connectivity index (χ1n) is 7.96. The molecule has 2 aliphatic heterocycles. The Morgan fingerprint density at radius 3 is 3.26 bits per heavy atom. The smallest absolute Gasteiger partial charge is 0.243 e. The van der Waals surface area contributed by atoms with Crippen LogP contribution in [0.25, 0.3) is 0 Å². The molecule has 120 valence electrons. The summed E-state index contributed by atoms with van der Waals surface area (Å²) in [6.45, 7) is 1.11. The second-order valence-corrected chi connectivity index (χ2v) is 6.46. The number of benzene rings is 1. The molecule has 0 spiro atoms. The maximum atomic E-state index is 12.6. The first kappa shape index (κ1) is 14.6. The molecule has 6 heteroatoms. The molecule has 2 aromatic rings. The number of hydrogen-bond donors (Lipinski definition) is 1. The molecule has 1 aromatic heterocycles. The molecule has 4 rings (SSSR count). The molecule has 1 amide bonds. The molecule has 1 atom stereocenters. The largest absolute Gasteiger partial charge is 0.493 e. The van der Waals surface area contributed by atoms with E-state index >= 15 is 0 Å². The minimum absolute atomic E-state index is 0.0238. The molecular formula is C17H18ClN3O2.